The number of anilines is 1. The van der Waals surface area contributed by atoms with Crippen molar-refractivity contribution in [3.05, 3.63) is 59.2 Å². The summed E-state index contributed by atoms with van der Waals surface area (Å²) in [5, 5.41) is 5.70. The molecule has 0 atom stereocenters. The predicted molar refractivity (Wildman–Crippen MR) is 112 cm³/mol. The van der Waals surface area contributed by atoms with Gasteiger partial charge in [0.1, 0.15) is 28.7 Å². The molecule has 1 amide bonds. The van der Waals surface area contributed by atoms with E-state index in [0.29, 0.717) is 18.7 Å². The van der Waals surface area contributed by atoms with Crippen LogP contribution in [0, 0.1) is 5.82 Å². The molecule has 0 bridgehead atoms. The van der Waals surface area contributed by atoms with Crippen LogP contribution in [-0.2, 0) is 6.42 Å². The van der Waals surface area contributed by atoms with Crippen LogP contribution in [0.2, 0.25) is 0 Å². The number of nitrogens with one attached hydrogen (secondary N) is 1. The molecule has 1 aromatic carbocycles. The lowest BCUT2D eigenvalue weighted by molar-refractivity contribution is 0.0949. The summed E-state index contributed by atoms with van der Waals surface area (Å²) < 4.78 is 13.1. The van der Waals surface area contributed by atoms with Gasteiger partial charge in [0.15, 0.2) is 0 Å². The molecule has 1 aliphatic heterocycles. The van der Waals surface area contributed by atoms with E-state index in [0.717, 1.165) is 48.0 Å². The number of hydrogen-bond donors (Lipinski definition) is 1. The third kappa shape index (κ3) is 4.95. The summed E-state index contributed by atoms with van der Waals surface area (Å²) in [6, 6.07) is 8.05. The number of benzene rings is 1. The van der Waals surface area contributed by atoms with E-state index in [9.17, 15) is 9.18 Å². The summed E-state index contributed by atoms with van der Waals surface area (Å²) in [4.78, 5) is 27.7. The van der Waals surface area contributed by atoms with E-state index in [1.165, 1.54) is 36.2 Å². The summed E-state index contributed by atoms with van der Waals surface area (Å²) in [6.45, 7) is 2.41. The molecule has 0 saturated carbocycles. The lowest BCUT2D eigenvalue weighted by atomic mass is 10.1. The van der Waals surface area contributed by atoms with E-state index in [2.05, 4.69) is 25.2 Å². The number of halogens is 1. The molecular weight excluding hydrogens is 389 g/mol. The Balaban J connectivity index is 1.32. The van der Waals surface area contributed by atoms with Gasteiger partial charge < -0.3 is 10.2 Å². The Hall–Kier alpha value is -2.87. The Morgan fingerprint density at radius 1 is 1.14 bits per heavy atom. The maximum atomic E-state index is 13.1. The lowest BCUT2D eigenvalue weighted by Gasteiger charge is -2.27. The largest absolute Gasteiger partial charge is 0.357 e. The standard InChI is InChI=1S/C21H22FN5OS/c22-16-6-4-15(5-7-16)21-26-17(13-29-21)8-9-23-20(28)18-12-19(25-14-24-18)27-10-2-1-3-11-27/h4-7,12-14H,1-3,8-11H2,(H,23,28). The van der Waals surface area contributed by atoms with Gasteiger partial charge in [-0.25, -0.2) is 19.3 Å². The second kappa shape index (κ2) is 9.09. The van der Waals surface area contributed by atoms with Crippen molar-refractivity contribution in [2.75, 3.05) is 24.5 Å². The molecule has 2 aromatic heterocycles. The second-order valence-electron chi connectivity index (χ2n) is 6.97. The first-order valence-corrected chi connectivity index (χ1v) is 10.6. The Labute approximate surface area is 172 Å². The monoisotopic (exact) mass is 411 g/mol. The van der Waals surface area contributed by atoms with Crippen molar-refractivity contribution in [2.45, 2.75) is 25.7 Å². The highest BCUT2D eigenvalue weighted by molar-refractivity contribution is 7.13. The average Bonchev–Trinajstić information content (AvgIpc) is 3.24. The average molecular weight is 412 g/mol. The fourth-order valence-corrected chi connectivity index (χ4v) is 4.17. The number of aromatic nitrogens is 3. The number of hydrogen-bond acceptors (Lipinski definition) is 6. The maximum Gasteiger partial charge on any atom is 0.270 e. The van der Waals surface area contributed by atoms with Crippen LogP contribution in [0.15, 0.2) is 42.0 Å². The number of carbonyl (C=O) groups excluding carboxylic acids is 1. The summed E-state index contributed by atoms with van der Waals surface area (Å²) in [5.41, 5.74) is 2.16. The molecule has 1 saturated heterocycles. The van der Waals surface area contributed by atoms with Gasteiger partial charge >= 0.3 is 0 Å². The van der Waals surface area contributed by atoms with Crippen LogP contribution in [0.5, 0.6) is 0 Å². The van der Waals surface area contributed by atoms with E-state index in [-0.39, 0.29) is 11.7 Å². The molecule has 0 aliphatic carbocycles. The fraction of sp³-hybridized carbons (Fsp3) is 0.333. The lowest BCUT2D eigenvalue weighted by Crippen LogP contribution is -2.31. The minimum Gasteiger partial charge on any atom is -0.357 e. The first-order chi connectivity index (χ1) is 14.2. The van der Waals surface area contributed by atoms with E-state index >= 15 is 0 Å². The summed E-state index contributed by atoms with van der Waals surface area (Å²) in [6.07, 6.45) is 5.62. The van der Waals surface area contributed by atoms with Crippen LogP contribution in [0.25, 0.3) is 10.6 Å². The normalized spacial score (nSPS) is 14.0. The van der Waals surface area contributed by atoms with Crippen molar-refractivity contribution in [1.82, 2.24) is 20.3 Å². The SMILES string of the molecule is O=C(NCCc1csc(-c2ccc(F)cc2)n1)c1cc(N2CCCCC2)ncn1. The highest BCUT2D eigenvalue weighted by Gasteiger charge is 2.15. The summed E-state index contributed by atoms with van der Waals surface area (Å²) in [5.74, 6) is 0.342. The third-order valence-corrected chi connectivity index (χ3v) is 5.82. The van der Waals surface area contributed by atoms with E-state index < -0.39 is 0 Å². The summed E-state index contributed by atoms with van der Waals surface area (Å²) in [7, 11) is 0. The molecule has 29 heavy (non-hydrogen) atoms. The van der Waals surface area contributed by atoms with Crippen molar-refractivity contribution in [3.8, 4) is 10.6 Å². The zero-order chi connectivity index (χ0) is 20.1. The van der Waals surface area contributed by atoms with Gasteiger partial charge in [-0.05, 0) is 43.5 Å². The second-order valence-corrected chi connectivity index (χ2v) is 7.82. The molecule has 1 N–H and O–H groups in total. The Morgan fingerprint density at radius 3 is 2.72 bits per heavy atom. The minimum atomic E-state index is -0.263. The molecule has 8 heteroatoms. The van der Waals surface area contributed by atoms with Gasteiger partial charge in [-0.1, -0.05) is 0 Å². The molecule has 3 aromatic rings. The Kier molecular flexibility index (Phi) is 6.09. The van der Waals surface area contributed by atoms with Crippen molar-refractivity contribution >= 4 is 23.1 Å². The molecular formula is C21H22FN5OS. The first kappa shape index (κ1) is 19.4. The minimum absolute atomic E-state index is 0.209. The van der Waals surface area contributed by atoms with E-state index in [1.54, 1.807) is 18.2 Å². The highest BCUT2D eigenvalue weighted by atomic mass is 32.1. The van der Waals surface area contributed by atoms with Crippen LogP contribution in [-0.4, -0.2) is 40.5 Å². The van der Waals surface area contributed by atoms with Gasteiger partial charge in [0, 0.05) is 43.1 Å². The molecule has 0 radical (unpaired) electrons. The van der Waals surface area contributed by atoms with Crippen molar-refractivity contribution in [2.24, 2.45) is 0 Å². The van der Waals surface area contributed by atoms with Gasteiger partial charge in [0.05, 0.1) is 5.69 Å². The zero-order valence-electron chi connectivity index (χ0n) is 16.0. The molecule has 3 heterocycles. The number of piperidine rings is 1. The highest BCUT2D eigenvalue weighted by Crippen LogP contribution is 2.24. The number of thiazole rings is 1. The maximum absolute atomic E-state index is 13.1. The molecule has 1 aliphatic rings. The predicted octanol–water partition coefficient (Wildman–Crippen LogP) is 3.70. The summed E-state index contributed by atoms with van der Waals surface area (Å²) >= 11 is 1.51. The van der Waals surface area contributed by atoms with Gasteiger partial charge in [-0.3, -0.25) is 4.79 Å². The van der Waals surface area contributed by atoms with Crippen LogP contribution < -0.4 is 10.2 Å². The smallest absolute Gasteiger partial charge is 0.270 e. The number of amides is 1. The van der Waals surface area contributed by atoms with E-state index in [4.69, 9.17) is 0 Å². The number of carbonyl (C=O) groups is 1. The molecule has 0 spiro atoms. The van der Waals surface area contributed by atoms with E-state index in [1.807, 2.05) is 5.38 Å². The quantitative estimate of drug-likeness (QED) is 0.670. The van der Waals surface area contributed by atoms with Crippen LogP contribution in [0.1, 0.15) is 35.4 Å². The van der Waals surface area contributed by atoms with Crippen molar-refractivity contribution in [3.63, 3.8) is 0 Å². The fourth-order valence-electron chi connectivity index (χ4n) is 3.31. The van der Waals surface area contributed by atoms with Crippen LogP contribution in [0.4, 0.5) is 10.2 Å². The Bertz CT molecular complexity index is 969. The van der Waals surface area contributed by atoms with Crippen molar-refractivity contribution < 1.29 is 9.18 Å². The van der Waals surface area contributed by atoms with Crippen molar-refractivity contribution in [1.29, 1.82) is 0 Å². The van der Waals surface area contributed by atoms with Crippen LogP contribution >= 0.6 is 11.3 Å². The van der Waals surface area contributed by atoms with Gasteiger partial charge in [0.25, 0.3) is 5.91 Å². The molecule has 1 fully saturated rings. The molecule has 150 valence electrons. The zero-order valence-corrected chi connectivity index (χ0v) is 16.8. The number of rotatable bonds is 6. The van der Waals surface area contributed by atoms with Gasteiger partial charge in [0.2, 0.25) is 0 Å². The molecule has 6 nitrogen and oxygen atoms in total. The Morgan fingerprint density at radius 2 is 1.93 bits per heavy atom. The number of nitrogens with zero attached hydrogens (tertiary/aromatic N) is 4. The first-order valence-electron chi connectivity index (χ1n) is 9.74. The van der Waals surface area contributed by atoms with Crippen LogP contribution in [0.3, 0.4) is 0 Å². The van der Waals surface area contributed by atoms with Gasteiger partial charge in [-0.15, -0.1) is 11.3 Å². The molecule has 0 unspecified atom stereocenters. The van der Waals surface area contributed by atoms with Gasteiger partial charge in [-0.2, -0.15) is 0 Å². The molecule has 4 rings (SSSR count). The third-order valence-electron chi connectivity index (χ3n) is 4.87. The topological polar surface area (TPSA) is 71.0 Å².